The Labute approximate surface area is 177 Å². The van der Waals surface area contributed by atoms with Crippen LogP contribution in [0.2, 0.25) is 0 Å². The van der Waals surface area contributed by atoms with E-state index in [-0.39, 0.29) is 12.5 Å². The van der Waals surface area contributed by atoms with E-state index in [4.69, 9.17) is 14.2 Å². The van der Waals surface area contributed by atoms with E-state index in [2.05, 4.69) is 10.9 Å². The van der Waals surface area contributed by atoms with Gasteiger partial charge < -0.3 is 19.1 Å². The summed E-state index contributed by atoms with van der Waals surface area (Å²) in [6.07, 6.45) is 0.865. The minimum absolute atomic E-state index is 0.244. The molecule has 1 heterocycles. The number of hydrogen-bond acceptors (Lipinski definition) is 6. The number of methoxy groups -OCH3 is 1. The third-order valence-corrected chi connectivity index (χ3v) is 4.47. The van der Waals surface area contributed by atoms with Crippen LogP contribution in [0.5, 0.6) is 11.5 Å². The molecule has 9 heteroatoms. The molecule has 0 spiro atoms. The third-order valence-electron chi connectivity index (χ3n) is 4.47. The van der Waals surface area contributed by atoms with Gasteiger partial charge in [-0.25, -0.2) is 4.79 Å². The Bertz CT molecular complexity index is 774. The number of rotatable bonds is 5. The van der Waals surface area contributed by atoms with Crippen LogP contribution in [-0.2, 0) is 9.53 Å². The zero-order valence-electron chi connectivity index (χ0n) is 18.2. The zero-order chi connectivity index (χ0) is 22.3. The van der Waals surface area contributed by atoms with Gasteiger partial charge in [-0.2, -0.15) is 0 Å². The molecule has 0 aliphatic carbocycles. The minimum Gasteiger partial charge on any atom is -0.493 e. The molecular weight excluding hydrogens is 390 g/mol. The number of amides is 3. The van der Waals surface area contributed by atoms with Gasteiger partial charge in [0.05, 0.1) is 19.6 Å². The molecule has 2 rings (SSSR count). The van der Waals surface area contributed by atoms with Gasteiger partial charge in [-0.3, -0.25) is 20.4 Å². The highest BCUT2D eigenvalue weighted by atomic mass is 16.6. The molecule has 1 aromatic rings. The average Bonchev–Trinajstić information content (AvgIpc) is 2.71. The summed E-state index contributed by atoms with van der Waals surface area (Å²) in [5.41, 5.74) is 4.57. The second-order valence-electron chi connectivity index (χ2n) is 8.01. The van der Waals surface area contributed by atoms with Crippen molar-refractivity contribution in [3.63, 3.8) is 0 Å². The van der Waals surface area contributed by atoms with E-state index in [0.717, 1.165) is 0 Å². The van der Waals surface area contributed by atoms with Crippen molar-refractivity contribution in [1.29, 1.82) is 0 Å². The number of nitrogens with one attached hydrogen (secondary N) is 2. The fraction of sp³-hybridized carbons (Fsp3) is 0.571. The maximum atomic E-state index is 12.5. The van der Waals surface area contributed by atoms with Crippen LogP contribution in [0.3, 0.4) is 0 Å². The summed E-state index contributed by atoms with van der Waals surface area (Å²) < 4.78 is 16.0. The number of carbonyl (C=O) groups excluding carboxylic acids is 3. The first kappa shape index (κ1) is 23.3. The van der Waals surface area contributed by atoms with Crippen molar-refractivity contribution in [1.82, 2.24) is 15.8 Å². The van der Waals surface area contributed by atoms with Gasteiger partial charge in [0.2, 0.25) is 5.91 Å². The summed E-state index contributed by atoms with van der Waals surface area (Å²) in [7, 11) is 1.49. The quantitative estimate of drug-likeness (QED) is 0.708. The highest BCUT2D eigenvalue weighted by Crippen LogP contribution is 2.28. The van der Waals surface area contributed by atoms with E-state index in [9.17, 15) is 14.4 Å². The summed E-state index contributed by atoms with van der Waals surface area (Å²) >= 11 is 0. The van der Waals surface area contributed by atoms with Crippen LogP contribution in [0.1, 0.15) is 50.9 Å². The third kappa shape index (κ3) is 6.53. The average molecular weight is 421 g/mol. The van der Waals surface area contributed by atoms with Gasteiger partial charge >= 0.3 is 6.09 Å². The lowest BCUT2D eigenvalue weighted by Crippen LogP contribution is -2.50. The van der Waals surface area contributed by atoms with E-state index in [1.165, 1.54) is 18.1 Å². The Balaban J connectivity index is 1.91. The zero-order valence-corrected chi connectivity index (χ0v) is 18.2. The van der Waals surface area contributed by atoms with Crippen LogP contribution in [0.25, 0.3) is 0 Å². The molecule has 1 aromatic carbocycles. The van der Waals surface area contributed by atoms with Gasteiger partial charge in [-0.1, -0.05) is 0 Å². The molecular formula is C21H31N3O6. The molecule has 0 bridgehead atoms. The number of hydrogen-bond donors (Lipinski definition) is 2. The molecule has 0 aromatic heterocycles. The Morgan fingerprint density at radius 1 is 1.17 bits per heavy atom. The Kier molecular flexibility index (Phi) is 7.91. The van der Waals surface area contributed by atoms with Crippen molar-refractivity contribution >= 4 is 17.9 Å². The van der Waals surface area contributed by atoms with Crippen molar-refractivity contribution < 1.29 is 28.6 Å². The van der Waals surface area contributed by atoms with Crippen molar-refractivity contribution in [3.05, 3.63) is 23.8 Å². The molecule has 1 saturated heterocycles. The van der Waals surface area contributed by atoms with E-state index >= 15 is 0 Å². The monoisotopic (exact) mass is 421 g/mol. The van der Waals surface area contributed by atoms with Crippen LogP contribution >= 0.6 is 0 Å². The summed E-state index contributed by atoms with van der Waals surface area (Å²) in [4.78, 5) is 38.7. The van der Waals surface area contributed by atoms with Crippen LogP contribution in [0, 0.1) is 5.92 Å². The highest BCUT2D eigenvalue weighted by Gasteiger charge is 2.31. The molecule has 1 aliphatic rings. The molecule has 9 nitrogen and oxygen atoms in total. The number of benzene rings is 1. The Morgan fingerprint density at radius 3 is 2.53 bits per heavy atom. The number of carbonyl (C=O) groups is 3. The Morgan fingerprint density at radius 2 is 1.90 bits per heavy atom. The molecule has 3 amide bonds. The number of ether oxygens (including phenoxy) is 3. The lowest BCUT2D eigenvalue weighted by molar-refractivity contribution is -0.127. The first-order valence-electron chi connectivity index (χ1n) is 10.0. The fourth-order valence-electron chi connectivity index (χ4n) is 3.06. The summed E-state index contributed by atoms with van der Waals surface area (Å²) in [5.74, 6) is -0.304. The first-order chi connectivity index (χ1) is 14.1. The largest absolute Gasteiger partial charge is 0.493 e. The van der Waals surface area contributed by atoms with Crippen molar-refractivity contribution in [3.8, 4) is 11.5 Å². The van der Waals surface area contributed by atoms with Crippen LogP contribution in [0.4, 0.5) is 4.79 Å². The highest BCUT2D eigenvalue weighted by molar-refractivity contribution is 5.96. The topological polar surface area (TPSA) is 106 Å². The number of nitrogens with zero attached hydrogens (tertiary/aromatic N) is 1. The smallest absolute Gasteiger partial charge is 0.410 e. The van der Waals surface area contributed by atoms with Gasteiger partial charge in [-0.05, 0) is 58.7 Å². The van der Waals surface area contributed by atoms with Gasteiger partial charge in [0.1, 0.15) is 5.60 Å². The van der Waals surface area contributed by atoms with Crippen molar-refractivity contribution in [2.24, 2.45) is 5.92 Å². The van der Waals surface area contributed by atoms with Gasteiger partial charge in [0.25, 0.3) is 5.91 Å². The lowest BCUT2D eigenvalue weighted by Gasteiger charge is -2.33. The van der Waals surface area contributed by atoms with E-state index in [1.54, 1.807) is 32.9 Å². The SMILES string of the molecule is CCOc1ccc(C(=O)NNC(=O)[C@@H]2CCCN(C(=O)OC(C)(C)C)C2)cc1OC. The van der Waals surface area contributed by atoms with Crippen molar-refractivity contribution in [2.75, 3.05) is 26.8 Å². The van der Waals surface area contributed by atoms with Gasteiger partial charge in [0.15, 0.2) is 11.5 Å². The predicted molar refractivity (Wildman–Crippen MR) is 110 cm³/mol. The maximum absolute atomic E-state index is 12.5. The summed E-state index contributed by atoms with van der Waals surface area (Å²) in [6.45, 7) is 8.49. The number of piperidine rings is 1. The second-order valence-corrected chi connectivity index (χ2v) is 8.01. The van der Waals surface area contributed by atoms with E-state index in [0.29, 0.717) is 43.1 Å². The van der Waals surface area contributed by atoms with Crippen LogP contribution < -0.4 is 20.3 Å². The predicted octanol–water partition coefficient (Wildman–Crippen LogP) is 2.50. The van der Waals surface area contributed by atoms with Crippen LogP contribution in [0.15, 0.2) is 18.2 Å². The standard InChI is InChI=1S/C21H31N3O6/c1-6-29-16-10-9-14(12-17(16)28-5)18(25)22-23-19(26)15-8-7-11-24(13-15)20(27)30-21(2,3)4/h9-10,12,15H,6-8,11,13H2,1-5H3,(H,22,25)(H,23,26)/t15-/m1/s1. The van der Waals surface area contributed by atoms with E-state index < -0.39 is 23.5 Å². The second kappa shape index (κ2) is 10.2. The normalized spacial score (nSPS) is 16.4. The molecule has 0 radical (unpaired) electrons. The minimum atomic E-state index is -0.598. The maximum Gasteiger partial charge on any atom is 0.410 e. The molecule has 0 unspecified atom stereocenters. The summed E-state index contributed by atoms with van der Waals surface area (Å²) in [6, 6.07) is 4.76. The molecule has 2 N–H and O–H groups in total. The summed E-state index contributed by atoms with van der Waals surface area (Å²) in [5, 5.41) is 0. The molecule has 1 aliphatic heterocycles. The number of hydrazine groups is 1. The number of likely N-dealkylation sites (tertiary alicyclic amines) is 1. The van der Waals surface area contributed by atoms with Crippen LogP contribution in [-0.4, -0.2) is 55.2 Å². The van der Waals surface area contributed by atoms with Gasteiger partial charge in [-0.15, -0.1) is 0 Å². The molecule has 1 fully saturated rings. The first-order valence-corrected chi connectivity index (χ1v) is 10.0. The van der Waals surface area contributed by atoms with Gasteiger partial charge in [0, 0.05) is 18.7 Å². The molecule has 30 heavy (non-hydrogen) atoms. The molecule has 166 valence electrons. The Hall–Kier alpha value is -2.97. The van der Waals surface area contributed by atoms with E-state index in [1.807, 2.05) is 6.92 Å². The molecule has 1 atom stereocenters. The lowest BCUT2D eigenvalue weighted by atomic mass is 9.98. The molecule has 0 saturated carbocycles. The van der Waals surface area contributed by atoms with Crippen molar-refractivity contribution in [2.45, 2.75) is 46.1 Å². The fourth-order valence-corrected chi connectivity index (χ4v) is 3.06.